The van der Waals surface area contributed by atoms with Gasteiger partial charge in [-0.25, -0.2) is 0 Å². The first kappa shape index (κ1) is 22.7. The normalized spacial score (nSPS) is 11.3. The van der Waals surface area contributed by atoms with Crippen LogP contribution < -0.4 is 5.32 Å². The third kappa shape index (κ3) is 5.33. The van der Waals surface area contributed by atoms with E-state index in [0.717, 1.165) is 47.7 Å². The van der Waals surface area contributed by atoms with Crippen molar-refractivity contribution in [1.82, 2.24) is 30.1 Å². The lowest BCUT2D eigenvalue weighted by Crippen LogP contribution is -2.15. The van der Waals surface area contributed by atoms with E-state index in [1.807, 2.05) is 48.5 Å². The van der Waals surface area contributed by atoms with Gasteiger partial charge in [-0.05, 0) is 64.9 Å². The quantitative estimate of drug-likeness (QED) is 0.205. The topological polar surface area (TPSA) is 60.6 Å². The Morgan fingerprint density at radius 3 is 2.68 bits per heavy atom. The van der Waals surface area contributed by atoms with Crippen LogP contribution in [0.15, 0.2) is 90.2 Å². The number of para-hydroxylation sites is 2. The molecule has 0 atom stereocenters. The number of benzene rings is 3. The molecule has 0 aliphatic rings. The zero-order chi connectivity index (χ0) is 23.2. The van der Waals surface area contributed by atoms with Crippen molar-refractivity contribution in [2.45, 2.75) is 24.7 Å². The van der Waals surface area contributed by atoms with Gasteiger partial charge in [0.1, 0.15) is 0 Å². The summed E-state index contributed by atoms with van der Waals surface area (Å²) in [6.07, 6.45) is 3.27. The number of tetrazole rings is 1. The zero-order valence-corrected chi connectivity index (χ0v) is 20.2. The first-order valence-electron chi connectivity index (χ1n) is 11.3. The molecule has 0 fully saturated rings. The van der Waals surface area contributed by atoms with Gasteiger partial charge in [0, 0.05) is 41.0 Å². The maximum Gasteiger partial charge on any atom is 0.214 e. The second-order valence-electron chi connectivity index (χ2n) is 8.02. The number of hydrogen-bond donors (Lipinski definition) is 1. The summed E-state index contributed by atoms with van der Waals surface area (Å²) in [5, 5.41) is 18.6. The molecule has 1 N–H and O–H groups in total. The van der Waals surface area contributed by atoms with E-state index in [1.54, 1.807) is 16.4 Å². The molecule has 5 aromatic rings. The van der Waals surface area contributed by atoms with Crippen LogP contribution in [-0.4, -0.2) is 37.1 Å². The number of hydrogen-bond acceptors (Lipinski definition) is 5. The highest BCUT2D eigenvalue weighted by atomic mass is 35.5. The van der Waals surface area contributed by atoms with Gasteiger partial charge in [0.2, 0.25) is 5.16 Å². The Kier molecular flexibility index (Phi) is 7.24. The van der Waals surface area contributed by atoms with E-state index < -0.39 is 0 Å². The Balaban J connectivity index is 1.16. The third-order valence-corrected chi connectivity index (χ3v) is 6.84. The Morgan fingerprint density at radius 2 is 1.79 bits per heavy atom. The lowest BCUT2D eigenvalue weighted by atomic mass is 10.2. The highest BCUT2D eigenvalue weighted by Crippen LogP contribution is 2.23. The molecule has 0 bridgehead atoms. The van der Waals surface area contributed by atoms with Gasteiger partial charge in [-0.3, -0.25) is 0 Å². The van der Waals surface area contributed by atoms with Crippen LogP contribution in [0.3, 0.4) is 0 Å². The first-order valence-corrected chi connectivity index (χ1v) is 12.6. The second-order valence-corrected chi connectivity index (χ2v) is 9.52. The van der Waals surface area contributed by atoms with Crippen LogP contribution >= 0.6 is 23.4 Å². The maximum atomic E-state index is 6.18. The minimum atomic E-state index is 0.770. The summed E-state index contributed by atoms with van der Waals surface area (Å²) in [6, 6.07) is 26.6. The molecular weight excluding hydrogens is 464 g/mol. The predicted octanol–water partition coefficient (Wildman–Crippen LogP) is 5.59. The van der Waals surface area contributed by atoms with Gasteiger partial charge >= 0.3 is 0 Å². The van der Waals surface area contributed by atoms with E-state index in [4.69, 9.17) is 11.6 Å². The highest BCUT2D eigenvalue weighted by Gasteiger charge is 2.10. The fraction of sp³-hybridized carbons (Fsp3) is 0.192. The van der Waals surface area contributed by atoms with E-state index >= 15 is 0 Å². The molecule has 3 aromatic carbocycles. The van der Waals surface area contributed by atoms with Gasteiger partial charge < -0.3 is 9.88 Å². The van der Waals surface area contributed by atoms with Crippen molar-refractivity contribution in [1.29, 1.82) is 0 Å². The Morgan fingerprint density at radius 1 is 0.941 bits per heavy atom. The second kappa shape index (κ2) is 10.9. The number of aromatic nitrogens is 5. The summed E-state index contributed by atoms with van der Waals surface area (Å²) in [7, 11) is 0. The molecule has 8 heteroatoms. The lowest BCUT2D eigenvalue weighted by molar-refractivity contribution is 0.677. The van der Waals surface area contributed by atoms with Crippen molar-refractivity contribution in [3.8, 4) is 5.69 Å². The molecule has 6 nitrogen and oxygen atoms in total. The van der Waals surface area contributed by atoms with Crippen molar-refractivity contribution >= 4 is 34.3 Å². The monoisotopic (exact) mass is 488 g/mol. The standard InChI is InChI=1S/C26H25ClN6S/c27-22-9-6-8-20(16-22)18-32-19-21(24-12-4-5-13-25(24)32)17-28-14-7-15-34-26-29-30-31-33(26)23-10-2-1-3-11-23/h1-6,8-13,16,19,28H,7,14-15,17-18H2. The smallest absolute Gasteiger partial charge is 0.214 e. The maximum absolute atomic E-state index is 6.18. The SMILES string of the molecule is Clc1cccc(Cn2cc(CNCCCSc3nnnn3-c3ccccc3)c3ccccc32)c1. The number of thioether (sulfide) groups is 1. The van der Waals surface area contributed by atoms with Crippen LogP contribution in [0.5, 0.6) is 0 Å². The van der Waals surface area contributed by atoms with Crippen LogP contribution in [0.1, 0.15) is 17.5 Å². The summed E-state index contributed by atoms with van der Waals surface area (Å²) < 4.78 is 4.09. The van der Waals surface area contributed by atoms with Gasteiger partial charge in [0.15, 0.2) is 0 Å². The molecule has 34 heavy (non-hydrogen) atoms. The van der Waals surface area contributed by atoms with E-state index in [0.29, 0.717) is 0 Å². The Bertz CT molecular complexity index is 1360. The number of halogens is 1. The molecule has 2 aromatic heterocycles. The largest absolute Gasteiger partial charge is 0.343 e. The van der Waals surface area contributed by atoms with Gasteiger partial charge in [-0.2, -0.15) is 4.68 Å². The summed E-state index contributed by atoms with van der Waals surface area (Å²) in [6.45, 7) is 2.55. The van der Waals surface area contributed by atoms with Crippen molar-refractivity contribution in [3.63, 3.8) is 0 Å². The van der Waals surface area contributed by atoms with Crippen molar-refractivity contribution < 1.29 is 0 Å². The fourth-order valence-electron chi connectivity index (χ4n) is 4.01. The Labute approximate surface area is 207 Å². The minimum absolute atomic E-state index is 0.770. The van der Waals surface area contributed by atoms with Crippen LogP contribution in [0, 0.1) is 0 Å². The van der Waals surface area contributed by atoms with Crippen LogP contribution in [0.2, 0.25) is 5.02 Å². The molecule has 0 saturated carbocycles. The first-order chi connectivity index (χ1) is 16.8. The molecule has 0 unspecified atom stereocenters. The molecule has 0 spiro atoms. The van der Waals surface area contributed by atoms with Gasteiger partial charge in [-0.15, -0.1) is 5.10 Å². The summed E-state index contributed by atoms with van der Waals surface area (Å²) in [4.78, 5) is 0. The number of nitrogens with zero attached hydrogens (tertiary/aromatic N) is 5. The zero-order valence-electron chi connectivity index (χ0n) is 18.6. The Hall–Kier alpha value is -3.13. The van der Waals surface area contributed by atoms with Crippen molar-refractivity contribution in [2.24, 2.45) is 0 Å². The molecule has 0 aliphatic carbocycles. The molecular formula is C26H25ClN6S. The summed E-state index contributed by atoms with van der Waals surface area (Å²) in [5.74, 6) is 0.941. The molecule has 172 valence electrons. The average molecular weight is 489 g/mol. The molecule has 5 rings (SSSR count). The van der Waals surface area contributed by atoms with E-state index in [2.05, 4.69) is 61.9 Å². The molecule has 2 heterocycles. The number of nitrogens with one attached hydrogen (secondary N) is 1. The van der Waals surface area contributed by atoms with Gasteiger partial charge in [0.25, 0.3) is 0 Å². The average Bonchev–Trinajstić information content (AvgIpc) is 3.47. The van der Waals surface area contributed by atoms with E-state index in [-0.39, 0.29) is 0 Å². The van der Waals surface area contributed by atoms with Gasteiger partial charge in [0.05, 0.1) is 5.69 Å². The predicted molar refractivity (Wildman–Crippen MR) is 139 cm³/mol. The molecule has 0 radical (unpaired) electrons. The van der Waals surface area contributed by atoms with E-state index in [9.17, 15) is 0 Å². The van der Waals surface area contributed by atoms with Crippen LogP contribution in [0.25, 0.3) is 16.6 Å². The fourth-order valence-corrected chi connectivity index (χ4v) is 5.05. The highest BCUT2D eigenvalue weighted by molar-refractivity contribution is 7.99. The third-order valence-electron chi connectivity index (χ3n) is 5.60. The van der Waals surface area contributed by atoms with E-state index in [1.165, 1.54) is 22.0 Å². The lowest BCUT2D eigenvalue weighted by Gasteiger charge is -2.06. The van der Waals surface area contributed by atoms with Crippen molar-refractivity contribution in [3.05, 3.63) is 101 Å². The number of fused-ring (bicyclic) bond motifs is 1. The van der Waals surface area contributed by atoms with Gasteiger partial charge in [-0.1, -0.05) is 71.9 Å². The molecule has 0 aliphatic heterocycles. The minimum Gasteiger partial charge on any atom is -0.343 e. The summed E-state index contributed by atoms with van der Waals surface area (Å²) >= 11 is 7.86. The molecule has 0 amide bonds. The number of rotatable bonds is 10. The summed E-state index contributed by atoms with van der Waals surface area (Å²) in [5.41, 5.74) is 4.71. The van der Waals surface area contributed by atoms with Crippen LogP contribution in [0.4, 0.5) is 0 Å². The van der Waals surface area contributed by atoms with Crippen LogP contribution in [-0.2, 0) is 13.1 Å². The van der Waals surface area contributed by atoms with Crippen molar-refractivity contribution in [2.75, 3.05) is 12.3 Å². The molecule has 0 saturated heterocycles.